The van der Waals surface area contributed by atoms with Crippen molar-refractivity contribution in [2.75, 3.05) is 6.61 Å². The van der Waals surface area contributed by atoms with Gasteiger partial charge in [-0.25, -0.2) is 9.59 Å². The molecular weight excluding hydrogens is 445 g/mol. The van der Waals surface area contributed by atoms with Gasteiger partial charge >= 0.3 is 18.2 Å². The van der Waals surface area contributed by atoms with E-state index in [0.717, 1.165) is 4.90 Å². The van der Waals surface area contributed by atoms with Crippen LogP contribution in [0.1, 0.15) is 10.4 Å². The number of aliphatic hydroxyl groups excluding tert-OH is 3. The topological polar surface area (TPSA) is 196 Å². The third-order valence-electron chi connectivity index (χ3n) is 4.38. The summed E-state index contributed by atoms with van der Waals surface area (Å²) in [6.45, 7) is -0.520. The Labute approximate surface area is 177 Å². The van der Waals surface area contributed by atoms with E-state index in [2.05, 4.69) is 10.3 Å². The predicted octanol–water partition coefficient (Wildman–Crippen LogP) is -1.47. The number of halogens is 3. The Bertz CT molecular complexity index is 884. The first-order chi connectivity index (χ1) is 14.8. The molecule has 0 aliphatic carbocycles. The van der Waals surface area contributed by atoms with Gasteiger partial charge in [0.25, 0.3) is 0 Å². The van der Waals surface area contributed by atoms with Crippen molar-refractivity contribution >= 4 is 17.8 Å². The molecular formula is C17H19F3N4O8. The van der Waals surface area contributed by atoms with Crippen LogP contribution in [0.25, 0.3) is 0 Å². The van der Waals surface area contributed by atoms with Gasteiger partial charge in [-0.2, -0.15) is 13.2 Å². The van der Waals surface area contributed by atoms with Crippen LogP contribution >= 0.6 is 0 Å². The highest BCUT2D eigenvalue weighted by atomic mass is 19.4. The SMILES string of the molecule is NC1(C(=O)c2cccnc2)C=CN([C@@H]2O[C@H](CO)[C@@H](O)[C@H]2O)C(=O)N1.O=C(O)C(F)(F)F. The number of urea groups is 1. The molecule has 0 bridgehead atoms. The molecule has 176 valence electrons. The standard InChI is InChI=1S/C15H18N4O6.C2HF3O2/c16-15(12(23)8-2-1-4-17-6-8)3-5-19(14(24)18-15)13-11(22)10(21)9(7-20)25-13;3-2(4,5)1(6)7/h1-6,9-11,13,20-22H,7,16H2,(H,18,24);(H,6,7)/t9-,10-,11-,13-,15?;/m1./s1. The number of amides is 2. The van der Waals surface area contributed by atoms with Crippen molar-refractivity contribution < 1.29 is 52.7 Å². The molecule has 0 spiro atoms. The molecule has 1 saturated heterocycles. The zero-order valence-electron chi connectivity index (χ0n) is 16.0. The zero-order chi connectivity index (χ0) is 24.3. The number of nitrogens with one attached hydrogen (secondary N) is 1. The number of ether oxygens (including phenoxy) is 1. The number of hydrogen-bond donors (Lipinski definition) is 6. The number of nitrogens with zero attached hydrogens (tertiary/aromatic N) is 2. The number of carboxylic acid groups (broad SMARTS) is 1. The minimum Gasteiger partial charge on any atom is -0.475 e. The number of carbonyl (C=O) groups is 3. The molecule has 5 atom stereocenters. The van der Waals surface area contributed by atoms with Crippen molar-refractivity contribution in [1.29, 1.82) is 0 Å². The van der Waals surface area contributed by atoms with Crippen molar-refractivity contribution in [2.24, 2.45) is 5.73 Å². The number of Topliss-reactive ketones (excluding diaryl/α,β-unsaturated/α-hetero) is 1. The smallest absolute Gasteiger partial charge is 0.475 e. The zero-order valence-corrected chi connectivity index (χ0v) is 16.0. The Kier molecular flexibility index (Phi) is 7.53. The van der Waals surface area contributed by atoms with Gasteiger partial charge in [0.05, 0.1) is 6.61 Å². The summed E-state index contributed by atoms with van der Waals surface area (Å²) in [5, 5.41) is 38.4. The summed E-state index contributed by atoms with van der Waals surface area (Å²) in [7, 11) is 0. The van der Waals surface area contributed by atoms with E-state index < -0.39 is 60.8 Å². The first-order valence-corrected chi connectivity index (χ1v) is 8.78. The normalized spacial score (nSPS) is 29.7. The molecule has 1 unspecified atom stereocenters. The number of alkyl halides is 3. The number of nitrogens with two attached hydrogens (primary N) is 1. The number of aliphatic hydroxyl groups is 3. The molecule has 3 rings (SSSR count). The Morgan fingerprint density at radius 1 is 1.31 bits per heavy atom. The maximum atomic E-state index is 12.5. The fourth-order valence-electron chi connectivity index (χ4n) is 2.73. The van der Waals surface area contributed by atoms with Crippen LogP contribution in [0.4, 0.5) is 18.0 Å². The molecule has 1 aromatic heterocycles. The minimum atomic E-state index is -5.08. The van der Waals surface area contributed by atoms with E-state index in [1.165, 1.54) is 30.7 Å². The lowest BCUT2D eigenvalue weighted by atomic mass is 9.98. The second-order valence-electron chi connectivity index (χ2n) is 6.62. The number of aromatic nitrogens is 1. The van der Waals surface area contributed by atoms with Crippen molar-refractivity contribution in [3.05, 3.63) is 42.4 Å². The van der Waals surface area contributed by atoms with Gasteiger partial charge in [0, 0.05) is 24.2 Å². The van der Waals surface area contributed by atoms with Crippen molar-refractivity contribution in [2.45, 2.75) is 36.4 Å². The summed E-state index contributed by atoms with van der Waals surface area (Å²) in [5.41, 5.74) is 4.42. The average Bonchev–Trinajstić information content (AvgIpc) is 3.02. The van der Waals surface area contributed by atoms with Crippen LogP contribution in [0, 0.1) is 0 Å². The number of aliphatic carboxylic acids is 1. The average molecular weight is 464 g/mol. The molecule has 0 aromatic carbocycles. The highest BCUT2D eigenvalue weighted by Crippen LogP contribution is 2.26. The number of carboxylic acids is 1. The van der Waals surface area contributed by atoms with Gasteiger partial charge < -0.3 is 30.5 Å². The summed E-state index contributed by atoms with van der Waals surface area (Å²) in [6.07, 6.45) is -4.83. The molecule has 32 heavy (non-hydrogen) atoms. The van der Waals surface area contributed by atoms with E-state index in [1.807, 2.05) is 0 Å². The van der Waals surface area contributed by atoms with E-state index in [0.29, 0.717) is 0 Å². The first-order valence-electron chi connectivity index (χ1n) is 8.78. The lowest BCUT2D eigenvalue weighted by Crippen LogP contribution is -2.66. The molecule has 0 saturated carbocycles. The van der Waals surface area contributed by atoms with Crippen molar-refractivity contribution in [3.63, 3.8) is 0 Å². The summed E-state index contributed by atoms with van der Waals surface area (Å²) in [6, 6.07) is 2.29. The van der Waals surface area contributed by atoms with E-state index >= 15 is 0 Å². The third-order valence-corrected chi connectivity index (χ3v) is 4.38. The van der Waals surface area contributed by atoms with Crippen LogP contribution in [0.5, 0.6) is 0 Å². The molecule has 1 aromatic rings. The Morgan fingerprint density at radius 3 is 2.38 bits per heavy atom. The number of carbonyl (C=O) groups excluding carboxylic acids is 2. The maximum absolute atomic E-state index is 12.5. The predicted molar refractivity (Wildman–Crippen MR) is 96.4 cm³/mol. The van der Waals surface area contributed by atoms with Gasteiger partial charge in [0.1, 0.15) is 18.3 Å². The van der Waals surface area contributed by atoms with Crippen LogP contribution in [-0.2, 0) is 9.53 Å². The molecule has 3 heterocycles. The van der Waals surface area contributed by atoms with Crippen LogP contribution in [0.2, 0.25) is 0 Å². The Hall–Kier alpha value is -3.11. The number of pyridine rings is 1. The largest absolute Gasteiger partial charge is 0.490 e. The first kappa shape index (κ1) is 25.2. The van der Waals surface area contributed by atoms with Gasteiger partial charge in [-0.3, -0.25) is 20.4 Å². The lowest BCUT2D eigenvalue weighted by molar-refractivity contribution is -0.192. The fourth-order valence-corrected chi connectivity index (χ4v) is 2.73. The third kappa shape index (κ3) is 5.38. The molecule has 7 N–H and O–H groups in total. The van der Waals surface area contributed by atoms with Crippen LogP contribution in [0.15, 0.2) is 36.8 Å². The van der Waals surface area contributed by atoms with E-state index in [4.69, 9.17) is 25.5 Å². The molecule has 0 radical (unpaired) electrons. The summed E-state index contributed by atoms with van der Waals surface area (Å²) in [4.78, 5) is 38.6. The van der Waals surface area contributed by atoms with Gasteiger partial charge in [-0.15, -0.1) is 0 Å². The summed E-state index contributed by atoms with van der Waals surface area (Å²) >= 11 is 0. The van der Waals surface area contributed by atoms with Crippen molar-refractivity contribution in [1.82, 2.24) is 15.2 Å². The number of ketones is 1. The van der Waals surface area contributed by atoms with Crippen LogP contribution in [0.3, 0.4) is 0 Å². The monoisotopic (exact) mass is 464 g/mol. The second-order valence-corrected chi connectivity index (χ2v) is 6.62. The summed E-state index contributed by atoms with van der Waals surface area (Å²) < 4.78 is 37.0. The van der Waals surface area contributed by atoms with Crippen LogP contribution < -0.4 is 11.1 Å². The lowest BCUT2D eigenvalue weighted by Gasteiger charge is -2.36. The molecule has 1 fully saturated rings. The highest BCUT2D eigenvalue weighted by Gasteiger charge is 2.49. The molecule has 12 nitrogen and oxygen atoms in total. The molecule has 2 aliphatic heterocycles. The summed E-state index contributed by atoms with van der Waals surface area (Å²) in [5.74, 6) is -3.32. The van der Waals surface area contributed by atoms with E-state index in [-0.39, 0.29) is 5.56 Å². The quantitative estimate of drug-likeness (QED) is 0.286. The van der Waals surface area contributed by atoms with Crippen LogP contribution in [-0.4, -0.2) is 91.1 Å². The van der Waals surface area contributed by atoms with Crippen molar-refractivity contribution in [3.8, 4) is 0 Å². The van der Waals surface area contributed by atoms with E-state index in [9.17, 15) is 33.0 Å². The van der Waals surface area contributed by atoms with Gasteiger partial charge in [-0.1, -0.05) is 0 Å². The Morgan fingerprint density at radius 2 is 1.94 bits per heavy atom. The maximum Gasteiger partial charge on any atom is 0.490 e. The van der Waals surface area contributed by atoms with Gasteiger partial charge in [0.2, 0.25) is 5.78 Å². The van der Waals surface area contributed by atoms with Gasteiger partial charge in [-0.05, 0) is 18.2 Å². The van der Waals surface area contributed by atoms with E-state index in [1.54, 1.807) is 6.07 Å². The molecule has 15 heteroatoms. The fraction of sp³-hybridized carbons (Fsp3) is 0.412. The second kappa shape index (κ2) is 9.58. The molecule has 2 aliphatic rings. The molecule has 2 amide bonds. The van der Waals surface area contributed by atoms with Gasteiger partial charge in [0.15, 0.2) is 11.9 Å². The number of rotatable bonds is 4. The Balaban J connectivity index is 0.000000451. The highest BCUT2D eigenvalue weighted by molar-refractivity contribution is 6.06. The minimum absolute atomic E-state index is 0.219. The number of hydrogen-bond acceptors (Lipinski definition) is 9.